The van der Waals surface area contributed by atoms with E-state index in [-0.39, 0.29) is 0 Å². The maximum absolute atomic E-state index is 2.38. The molecule has 19 heavy (non-hydrogen) atoms. The van der Waals surface area contributed by atoms with Gasteiger partial charge in [0.2, 0.25) is 0 Å². The van der Waals surface area contributed by atoms with Crippen molar-refractivity contribution in [2.24, 2.45) is 0 Å². The summed E-state index contributed by atoms with van der Waals surface area (Å²) in [6, 6.07) is 19.4. The summed E-state index contributed by atoms with van der Waals surface area (Å²) >= 11 is 0. The van der Waals surface area contributed by atoms with Crippen molar-refractivity contribution in [3.63, 3.8) is 0 Å². The zero-order valence-corrected chi connectivity index (χ0v) is 11.3. The van der Waals surface area contributed by atoms with Crippen LogP contribution < -0.4 is 0 Å². The van der Waals surface area contributed by atoms with Crippen molar-refractivity contribution < 1.29 is 0 Å². The zero-order valence-electron chi connectivity index (χ0n) is 11.3. The lowest BCUT2D eigenvalue weighted by molar-refractivity contribution is 0.661. The summed E-state index contributed by atoms with van der Waals surface area (Å²) < 4.78 is 2.38. The average Bonchev–Trinajstić information content (AvgIpc) is 2.78. The van der Waals surface area contributed by atoms with Crippen LogP contribution in [-0.4, -0.2) is 4.57 Å². The van der Waals surface area contributed by atoms with Crippen LogP contribution in [0.1, 0.15) is 17.5 Å². The highest BCUT2D eigenvalue weighted by molar-refractivity contribution is 5.83. The first-order valence-corrected chi connectivity index (χ1v) is 6.93. The zero-order chi connectivity index (χ0) is 13.1. The summed E-state index contributed by atoms with van der Waals surface area (Å²) in [7, 11) is 0. The van der Waals surface area contributed by atoms with Gasteiger partial charge >= 0.3 is 0 Å². The van der Waals surface area contributed by atoms with Crippen LogP contribution >= 0.6 is 0 Å². The van der Waals surface area contributed by atoms with Crippen LogP contribution in [0.25, 0.3) is 10.9 Å². The summed E-state index contributed by atoms with van der Waals surface area (Å²) in [5.41, 5.74) is 4.15. The molecule has 0 fully saturated rings. The second kappa shape index (κ2) is 5.31. The fourth-order valence-electron chi connectivity index (χ4n) is 2.71. The highest BCUT2D eigenvalue weighted by Gasteiger charge is 2.03. The van der Waals surface area contributed by atoms with Gasteiger partial charge in [-0.1, -0.05) is 48.5 Å². The third kappa shape index (κ3) is 2.55. The largest absolute Gasteiger partial charge is 0.347 e. The molecule has 1 heteroatoms. The summed E-state index contributed by atoms with van der Waals surface area (Å²) in [6.07, 6.45) is 4.60. The van der Waals surface area contributed by atoms with Crippen molar-refractivity contribution in [3.05, 3.63) is 71.9 Å². The molecule has 3 rings (SSSR count). The molecule has 0 saturated heterocycles. The van der Waals surface area contributed by atoms with E-state index in [0.717, 1.165) is 13.0 Å². The Morgan fingerprint density at radius 2 is 1.63 bits per heavy atom. The maximum atomic E-state index is 2.38. The third-order valence-electron chi connectivity index (χ3n) is 3.70. The lowest BCUT2D eigenvalue weighted by Crippen LogP contribution is -1.97. The molecule has 0 aliphatic rings. The fraction of sp³-hybridized carbons (Fsp3) is 0.222. The smallest absolute Gasteiger partial charge is 0.0483 e. The van der Waals surface area contributed by atoms with Crippen molar-refractivity contribution in [1.29, 1.82) is 0 Å². The van der Waals surface area contributed by atoms with Crippen LogP contribution in [0.5, 0.6) is 0 Å². The van der Waals surface area contributed by atoms with Gasteiger partial charge in [-0.25, -0.2) is 0 Å². The van der Waals surface area contributed by atoms with E-state index in [4.69, 9.17) is 0 Å². The van der Waals surface area contributed by atoms with Crippen molar-refractivity contribution in [2.45, 2.75) is 26.3 Å². The standard InChI is InChI=1S/C18H19N/c1-15-14-19(18-12-6-5-11-17(15)18)13-7-10-16-8-3-2-4-9-16/h2-6,8-9,11-12,14H,7,10,13H2,1H3. The molecule has 0 spiro atoms. The molecule has 2 aromatic carbocycles. The summed E-state index contributed by atoms with van der Waals surface area (Å²) in [5, 5.41) is 1.38. The molecule has 1 aromatic heterocycles. The molecular weight excluding hydrogens is 230 g/mol. The van der Waals surface area contributed by atoms with Crippen LogP contribution in [0, 0.1) is 6.92 Å². The van der Waals surface area contributed by atoms with E-state index in [1.165, 1.54) is 28.5 Å². The average molecular weight is 249 g/mol. The van der Waals surface area contributed by atoms with Gasteiger partial charge in [0.25, 0.3) is 0 Å². The highest BCUT2D eigenvalue weighted by atomic mass is 15.0. The normalized spacial score (nSPS) is 11.0. The van der Waals surface area contributed by atoms with Gasteiger partial charge in [-0.05, 0) is 37.0 Å². The first-order valence-electron chi connectivity index (χ1n) is 6.93. The topological polar surface area (TPSA) is 4.93 Å². The molecule has 0 N–H and O–H groups in total. The molecule has 0 atom stereocenters. The van der Waals surface area contributed by atoms with Crippen LogP contribution in [-0.2, 0) is 13.0 Å². The lowest BCUT2D eigenvalue weighted by Gasteiger charge is -2.05. The lowest BCUT2D eigenvalue weighted by atomic mass is 10.1. The van der Waals surface area contributed by atoms with Gasteiger partial charge in [-0.2, -0.15) is 0 Å². The van der Waals surface area contributed by atoms with E-state index in [1.807, 2.05) is 0 Å². The maximum Gasteiger partial charge on any atom is 0.0483 e. The first kappa shape index (κ1) is 12.0. The first-order chi connectivity index (χ1) is 9.34. The van der Waals surface area contributed by atoms with Gasteiger partial charge in [0.15, 0.2) is 0 Å². The number of aryl methyl sites for hydroxylation is 3. The molecule has 0 aliphatic heterocycles. The molecule has 1 heterocycles. The van der Waals surface area contributed by atoms with Crippen LogP contribution in [0.2, 0.25) is 0 Å². The minimum absolute atomic E-state index is 1.09. The summed E-state index contributed by atoms with van der Waals surface area (Å²) in [4.78, 5) is 0. The van der Waals surface area contributed by atoms with Gasteiger partial charge in [0.05, 0.1) is 0 Å². The van der Waals surface area contributed by atoms with E-state index in [0.29, 0.717) is 0 Å². The monoisotopic (exact) mass is 249 g/mol. The highest BCUT2D eigenvalue weighted by Crippen LogP contribution is 2.20. The second-order valence-electron chi connectivity index (χ2n) is 5.11. The molecule has 0 amide bonds. The van der Waals surface area contributed by atoms with Gasteiger partial charge in [-0.15, -0.1) is 0 Å². The molecule has 0 aliphatic carbocycles. The molecule has 96 valence electrons. The Morgan fingerprint density at radius 1 is 0.895 bits per heavy atom. The number of hydrogen-bond donors (Lipinski definition) is 0. The summed E-state index contributed by atoms with van der Waals surface area (Å²) in [6.45, 7) is 3.28. The van der Waals surface area contributed by atoms with E-state index >= 15 is 0 Å². The SMILES string of the molecule is Cc1cn(CCCc2ccccc2)c2ccccc12. The number of rotatable bonds is 4. The Kier molecular flexibility index (Phi) is 3.37. The minimum Gasteiger partial charge on any atom is -0.347 e. The molecule has 0 radical (unpaired) electrons. The Labute approximate surface area is 114 Å². The van der Waals surface area contributed by atoms with Gasteiger partial charge < -0.3 is 4.57 Å². The molecule has 0 bridgehead atoms. The number of hydrogen-bond acceptors (Lipinski definition) is 0. The predicted octanol–water partition coefficient (Wildman–Crippen LogP) is 4.58. The van der Waals surface area contributed by atoms with Crippen LogP contribution in [0.15, 0.2) is 60.8 Å². The Hall–Kier alpha value is -2.02. The van der Waals surface area contributed by atoms with E-state index < -0.39 is 0 Å². The quantitative estimate of drug-likeness (QED) is 0.637. The third-order valence-corrected chi connectivity index (χ3v) is 3.70. The van der Waals surface area contributed by atoms with Crippen molar-refractivity contribution >= 4 is 10.9 Å². The minimum atomic E-state index is 1.09. The van der Waals surface area contributed by atoms with Gasteiger partial charge in [0, 0.05) is 23.6 Å². The number of aromatic nitrogens is 1. The number of para-hydroxylation sites is 1. The Balaban J connectivity index is 1.72. The van der Waals surface area contributed by atoms with E-state index in [9.17, 15) is 0 Å². The Bertz CT molecular complexity index is 664. The van der Waals surface area contributed by atoms with Crippen molar-refractivity contribution in [3.8, 4) is 0 Å². The van der Waals surface area contributed by atoms with Crippen LogP contribution in [0.4, 0.5) is 0 Å². The van der Waals surface area contributed by atoms with E-state index in [1.54, 1.807) is 0 Å². The Morgan fingerprint density at radius 3 is 2.47 bits per heavy atom. The molecule has 0 saturated carbocycles. The molecule has 0 unspecified atom stereocenters. The van der Waals surface area contributed by atoms with Gasteiger partial charge in [-0.3, -0.25) is 0 Å². The predicted molar refractivity (Wildman–Crippen MR) is 81.4 cm³/mol. The van der Waals surface area contributed by atoms with Crippen molar-refractivity contribution in [2.75, 3.05) is 0 Å². The van der Waals surface area contributed by atoms with E-state index in [2.05, 4.69) is 72.3 Å². The fourth-order valence-corrected chi connectivity index (χ4v) is 2.71. The number of fused-ring (bicyclic) bond motifs is 1. The van der Waals surface area contributed by atoms with Crippen LogP contribution in [0.3, 0.4) is 0 Å². The number of nitrogens with zero attached hydrogens (tertiary/aromatic N) is 1. The molecule has 3 aromatic rings. The second-order valence-corrected chi connectivity index (χ2v) is 5.11. The van der Waals surface area contributed by atoms with Crippen molar-refractivity contribution in [1.82, 2.24) is 4.57 Å². The molecular formula is C18H19N. The number of benzene rings is 2. The van der Waals surface area contributed by atoms with Gasteiger partial charge in [0.1, 0.15) is 0 Å². The molecule has 1 nitrogen and oxygen atoms in total. The summed E-state index contributed by atoms with van der Waals surface area (Å²) in [5.74, 6) is 0.